The van der Waals surface area contributed by atoms with Gasteiger partial charge in [-0.2, -0.15) is 5.26 Å². The predicted molar refractivity (Wildman–Crippen MR) is 385 cm³/mol. The minimum Gasteiger partial charge on any atom is -0.309 e. The minimum absolute atomic E-state index is 0.425. The van der Waals surface area contributed by atoms with Crippen molar-refractivity contribution in [1.82, 2.24) is 42.4 Å². The Bertz CT molecular complexity index is 6150. The van der Waals surface area contributed by atoms with E-state index in [0.29, 0.717) is 28.6 Å². The third kappa shape index (κ3) is 7.31. The standard InChI is InChI=1S/C84H52N10/c1-50-86-51(2)88-84(87-50)69-48-83(94-80-46-55(91-74-31-15-7-23-61(74)62-24-8-16-32-75(62)91)37-41-67(80)68-42-38-56(47-81(68)94)92-76-33-17-9-25-63(76)64-26-10-18-34-77(64)92)82(43-52(69)49-85)93-78-44-53(89-70-27-11-3-19-57(70)58-20-4-12-28-71(58)89)35-39-65(78)66-40-36-54(45-79(66)93)90-72-29-13-5-21-59(72)60-22-6-14-30-73(60)90/h3-48H,1-2H3. The van der Waals surface area contributed by atoms with E-state index in [9.17, 15) is 5.26 Å². The fraction of sp³-hybridized carbons (Fsp3) is 0.0238. The van der Waals surface area contributed by atoms with E-state index < -0.39 is 0 Å². The first-order valence-corrected chi connectivity index (χ1v) is 31.8. The molecule has 7 heterocycles. The van der Waals surface area contributed by atoms with Gasteiger partial charge in [0.2, 0.25) is 0 Å². The van der Waals surface area contributed by atoms with Crippen LogP contribution in [0.1, 0.15) is 17.2 Å². The summed E-state index contributed by atoms with van der Waals surface area (Å²) in [5.41, 5.74) is 19.5. The number of nitriles is 1. The van der Waals surface area contributed by atoms with Crippen LogP contribution in [-0.2, 0) is 0 Å². The lowest BCUT2D eigenvalue weighted by Crippen LogP contribution is -2.08. The zero-order valence-corrected chi connectivity index (χ0v) is 51.0. The van der Waals surface area contributed by atoms with Crippen molar-refractivity contribution >= 4 is 131 Å². The molecule has 0 saturated heterocycles. The van der Waals surface area contributed by atoms with Gasteiger partial charge in [0.25, 0.3) is 0 Å². The number of benzene rings is 13. The summed E-state index contributed by atoms with van der Waals surface area (Å²) >= 11 is 0. The van der Waals surface area contributed by atoms with Crippen molar-refractivity contribution in [3.05, 3.63) is 296 Å². The number of rotatable bonds is 7. The van der Waals surface area contributed by atoms with Gasteiger partial charge in [0.05, 0.1) is 89.2 Å². The molecule has 0 spiro atoms. The molecular weight excluding hydrogens is 1150 g/mol. The normalized spacial score (nSPS) is 12.1. The maximum atomic E-state index is 11.9. The van der Waals surface area contributed by atoms with Crippen molar-refractivity contribution in [2.75, 3.05) is 0 Å². The lowest BCUT2D eigenvalue weighted by Gasteiger charge is -2.20. The van der Waals surface area contributed by atoms with E-state index in [-0.39, 0.29) is 0 Å². The molecule has 94 heavy (non-hydrogen) atoms. The van der Waals surface area contributed by atoms with Gasteiger partial charge in [0, 0.05) is 92.9 Å². The average Bonchev–Trinajstić information content (AvgIpc) is 1.57. The van der Waals surface area contributed by atoms with Gasteiger partial charge in [-0.15, -0.1) is 0 Å². The molecule has 0 atom stereocenters. The molecule has 7 aromatic heterocycles. The number of aryl methyl sites for hydroxylation is 2. The molecule has 438 valence electrons. The first kappa shape index (κ1) is 52.0. The summed E-state index contributed by atoms with van der Waals surface area (Å²) in [6.07, 6.45) is 0. The molecule has 10 nitrogen and oxygen atoms in total. The summed E-state index contributed by atoms with van der Waals surface area (Å²) in [4.78, 5) is 14.7. The predicted octanol–water partition coefficient (Wildman–Crippen LogP) is 20.6. The lowest BCUT2D eigenvalue weighted by atomic mass is 10.0. The van der Waals surface area contributed by atoms with Crippen LogP contribution in [0.25, 0.3) is 176 Å². The molecular formula is C84H52N10. The zero-order valence-electron chi connectivity index (χ0n) is 51.0. The summed E-state index contributed by atoms with van der Waals surface area (Å²) in [5, 5.41) is 25.6. The second kappa shape index (κ2) is 19.6. The molecule has 0 radical (unpaired) electrons. The molecule has 0 amide bonds. The average molecular weight is 1200 g/mol. The van der Waals surface area contributed by atoms with Gasteiger partial charge in [-0.25, -0.2) is 15.0 Å². The highest BCUT2D eigenvalue weighted by atomic mass is 15.1. The smallest absolute Gasteiger partial charge is 0.164 e. The van der Waals surface area contributed by atoms with Crippen LogP contribution >= 0.6 is 0 Å². The SMILES string of the molecule is Cc1nc(C)nc(-c2cc(-n3c4cc(-n5c6ccccc6c6ccccc65)ccc4c4ccc(-n5c6ccccc6c6ccccc65)cc43)c(-n3c4cc(-n5c6ccccc6c6ccccc65)ccc4c4ccc(-n5c6ccccc6c6ccccc65)cc43)cc2C#N)n1. The molecule has 0 unspecified atom stereocenters. The third-order valence-electron chi connectivity index (χ3n) is 19.6. The van der Waals surface area contributed by atoms with E-state index in [1.165, 1.54) is 43.1 Å². The van der Waals surface area contributed by atoms with Gasteiger partial charge in [-0.05, 0) is 123 Å². The number of hydrogen-bond acceptors (Lipinski definition) is 4. The Balaban J connectivity index is 0.965. The molecule has 0 saturated carbocycles. The lowest BCUT2D eigenvalue weighted by molar-refractivity contribution is 0.927. The summed E-state index contributed by atoms with van der Waals surface area (Å²) < 4.78 is 14.5. The molecule has 20 aromatic rings. The molecule has 0 bridgehead atoms. The molecule has 0 N–H and O–H groups in total. The Morgan fingerprint density at radius 1 is 0.245 bits per heavy atom. The Labute approximate surface area is 537 Å². The summed E-state index contributed by atoms with van der Waals surface area (Å²) in [6.45, 7) is 3.78. The van der Waals surface area contributed by atoms with E-state index in [0.717, 1.165) is 122 Å². The van der Waals surface area contributed by atoms with Crippen LogP contribution < -0.4 is 0 Å². The van der Waals surface area contributed by atoms with E-state index in [1.54, 1.807) is 0 Å². The number of hydrogen-bond donors (Lipinski definition) is 0. The van der Waals surface area contributed by atoms with Crippen molar-refractivity contribution in [3.8, 4) is 51.6 Å². The fourth-order valence-electron chi connectivity index (χ4n) is 15.8. The largest absolute Gasteiger partial charge is 0.309 e. The second-order valence-corrected chi connectivity index (χ2v) is 24.7. The quantitative estimate of drug-likeness (QED) is 0.159. The maximum Gasteiger partial charge on any atom is 0.164 e. The van der Waals surface area contributed by atoms with Crippen molar-refractivity contribution in [3.63, 3.8) is 0 Å². The Hall–Kier alpha value is -12.8. The van der Waals surface area contributed by atoms with Crippen LogP contribution in [0.15, 0.2) is 279 Å². The molecule has 0 fully saturated rings. The van der Waals surface area contributed by atoms with E-state index in [2.05, 4.69) is 318 Å². The van der Waals surface area contributed by atoms with Crippen molar-refractivity contribution in [2.24, 2.45) is 0 Å². The van der Waals surface area contributed by atoms with Crippen LogP contribution in [0.3, 0.4) is 0 Å². The minimum atomic E-state index is 0.425. The number of para-hydroxylation sites is 8. The molecule has 20 rings (SSSR count). The van der Waals surface area contributed by atoms with Crippen LogP contribution in [0.4, 0.5) is 0 Å². The molecule has 0 aliphatic carbocycles. The Morgan fingerprint density at radius 3 is 0.734 bits per heavy atom. The van der Waals surface area contributed by atoms with Gasteiger partial charge in [0.15, 0.2) is 5.82 Å². The van der Waals surface area contributed by atoms with Gasteiger partial charge < -0.3 is 27.4 Å². The fourth-order valence-corrected chi connectivity index (χ4v) is 15.8. The highest BCUT2D eigenvalue weighted by molar-refractivity contribution is 6.17. The third-order valence-corrected chi connectivity index (χ3v) is 19.6. The monoisotopic (exact) mass is 1200 g/mol. The van der Waals surface area contributed by atoms with Gasteiger partial charge in [-0.3, -0.25) is 0 Å². The number of aromatic nitrogens is 9. The summed E-state index contributed by atoms with van der Waals surface area (Å²) in [5.74, 6) is 1.56. The van der Waals surface area contributed by atoms with Crippen molar-refractivity contribution in [1.29, 1.82) is 5.26 Å². The first-order valence-electron chi connectivity index (χ1n) is 31.8. The second-order valence-electron chi connectivity index (χ2n) is 24.7. The molecule has 0 aliphatic rings. The van der Waals surface area contributed by atoms with Crippen molar-refractivity contribution in [2.45, 2.75) is 13.8 Å². The van der Waals surface area contributed by atoms with Crippen LogP contribution in [0.5, 0.6) is 0 Å². The molecule has 10 heteroatoms. The van der Waals surface area contributed by atoms with Gasteiger partial charge >= 0.3 is 0 Å². The highest BCUT2D eigenvalue weighted by Crippen LogP contribution is 2.46. The number of fused-ring (bicyclic) bond motifs is 18. The molecule has 13 aromatic carbocycles. The Kier molecular flexibility index (Phi) is 10.8. The van der Waals surface area contributed by atoms with Gasteiger partial charge in [-0.1, -0.05) is 170 Å². The van der Waals surface area contributed by atoms with E-state index in [1.807, 2.05) is 13.8 Å². The topological polar surface area (TPSA) is 92.0 Å². The molecule has 0 aliphatic heterocycles. The van der Waals surface area contributed by atoms with Crippen LogP contribution in [0.2, 0.25) is 0 Å². The number of nitrogens with zero attached hydrogens (tertiary/aromatic N) is 10. The van der Waals surface area contributed by atoms with E-state index >= 15 is 0 Å². The maximum absolute atomic E-state index is 11.9. The summed E-state index contributed by atoms with van der Waals surface area (Å²) in [7, 11) is 0. The first-order chi connectivity index (χ1) is 46.4. The van der Waals surface area contributed by atoms with Gasteiger partial charge in [0.1, 0.15) is 11.6 Å². The highest BCUT2D eigenvalue weighted by Gasteiger charge is 2.27. The van der Waals surface area contributed by atoms with E-state index in [4.69, 9.17) is 9.97 Å². The Morgan fingerprint density at radius 2 is 0.479 bits per heavy atom. The summed E-state index contributed by atoms with van der Waals surface area (Å²) in [6, 6.07) is 104. The van der Waals surface area contributed by atoms with Crippen molar-refractivity contribution < 1.29 is 0 Å². The van der Waals surface area contributed by atoms with Crippen LogP contribution in [-0.4, -0.2) is 42.4 Å². The zero-order chi connectivity index (χ0) is 62.0. The van der Waals surface area contributed by atoms with Crippen LogP contribution in [0, 0.1) is 25.2 Å².